The maximum Gasteiger partial charge on any atom is 0.248 e. The van der Waals surface area contributed by atoms with Crippen LogP contribution >= 0.6 is 11.6 Å². The standard InChI is InChI=1S/C24H28ClN3O3/c1-17(2)14-27(23(29)16-30-4)15-22-18(3)26-28(20-10-8-9-19(25)13-20)24(22)31-21-11-6-5-7-12-21/h5-13,17H,14-16H2,1-4H3. The predicted octanol–water partition coefficient (Wildman–Crippen LogP) is 5.26. The molecule has 0 unspecified atom stereocenters. The van der Waals surface area contributed by atoms with E-state index >= 15 is 0 Å². The fourth-order valence-electron chi connectivity index (χ4n) is 3.31. The molecule has 0 atom stereocenters. The third-order valence-corrected chi connectivity index (χ3v) is 4.94. The molecule has 1 amide bonds. The minimum Gasteiger partial charge on any atom is -0.439 e. The van der Waals surface area contributed by atoms with Crippen molar-refractivity contribution in [1.82, 2.24) is 14.7 Å². The summed E-state index contributed by atoms with van der Waals surface area (Å²) in [4.78, 5) is 14.5. The second-order valence-corrected chi connectivity index (χ2v) is 8.21. The number of halogens is 1. The van der Waals surface area contributed by atoms with E-state index in [1.807, 2.05) is 61.5 Å². The molecule has 164 valence electrons. The summed E-state index contributed by atoms with van der Waals surface area (Å²) in [6, 6.07) is 17.0. The SMILES string of the molecule is COCC(=O)N(Cc1c(C)nn(-c2cccc(Cl)c2)c1Oc1ccccc1)CC(C)C. The second-order valence-electron chi connectivity index (χ2n) is 7.78. The normalized spacial score (nSPS) is 11.0. The van der Waals surface area contributed by atoms with Crippen LogP contribution in [0.1, 0.15) is 25.1 Å². The number of methoxy groups -OCH3 is 1. The molecule has 1 heterocycles. The summed E-state index contributed by atoms with van der Waals surface area (Å²) < 4.78 is 13.1. The van der Waals surface area contributed by atoms with Crippen molar-refractivity contribution >= 4 is 17.5 Å². The molecular weight excluding hydrogens is 414 g/mol. The van der Waals surface area contributed by atoms with Crippen molar-refractivity contribution in [1.29, 1.82) is 0 Å². The van der Waals surface area contributed by atoms with Gasteiger partial charge in [0.05, 0.1) is 23.5 Å². The van der Waals surface area contributed by atoms with Crippen LogP contribution in [0.2, 0.25) is 5.02 Å². The number of aromatic nitrogens is 2. The minimum atomic E-state index is -0.0724. The smallest absolute Gasteiger partial charge is 0.248 e. The predicted molar refractivity (Wildman–Crippen MR) is 122 cm³/mol. The van der Waals surface area contributed by atoms with E-state index in [0.29, 0.717) is 35.7 Å². The van der Waals surface area contributed by atoms with Gasteiger partial charge >= 0.3 is 0 Å². The average molecular weight is 442 g/mol. The molecule has 0 saturated carbocycles. The van der Waals surface area contributed by atoms with Crippen LogP contribution in [0.25, 0.3) is 5.69 Å². The first-order valence-electron chi connectivity index (χ1n) is 10.2. The number of aryl methyl sites for hydroxylation is 1. The van der Waals surface area contributed by atoms with Crippen LogP contribution in [-0.2, 0) is 16.1 Å². The molecule has 0 spiro atoms. The molecule has 0 aliphatic rings. The van der Waals surface area contributed by atoms with E-state index < -0.39 is 0 Å². The highest BCUT2D eigenvalue weighted by molar-refractivity contribution is 6.30. The molecule has 31 heavy (non-hydrogen) atoms. The van der Waals surface area contributed by atoms with Crippen molar-refractivity contribution in [3.8, 4) is 17.3 Å². The molecular formula is C24H28ClN3O3. The van der Waals surface area contributed by atoms with Gasteiger partial charge in [0.15, 0.2) is 0 Å². The zero-order valence-electron chi connectivity index (χ0n) is 18.3. The lowest BCUT2D eigenvalue weighted by atomic mass is 10.1. The summed E-state index contributed by atoms with van der Waals surface area (Å²) >= 11 is 6.22. The summed E-state index contributed by atoms with van der Waals surface area (Å²) in [5.74, 6) is 1.48. The van der Waals surface area contributed by atoms with Gasteiger partial charge in [-0.15, -0.1) is 0 Å². The van der Waals surface area contributed by atoms with Gasteiger partial charge in [-0.1, -0.05) is 49.7 Å². The molecule has 3 rings (SSSR count). The average Bonchev–Trinajstić information content (AvgIpc) is 3.03. The van der Waals surface area contributed by atoms with Gasteiger partial charge in [0, 0.05) is 18.7 Å². The van der Waals surface area contributed by atoms with Gasteiger partial charge in [-0.3, -0.25) is 4.79 Å². The monoisotopic (exact) mass is 441 g/mol. The van der Waals surface area contributed by atoms with Crippen LogP contribution in [0.5, 0.6) is 11.6 Å². The number of hydrogen-bond donors (Lipinski definition) is 0. The highest BCUT2D eigenvalue weighted by Crippen LogP contribution is 2.32. The first kappa shape index (κ1) is 22.8. The fourth-order valence-corrected chi connectivity index (χ4v) is 3.49. The number of para-hydroxylation sites is 1. The maximum absolute atomic E-state index is 12.7. The topological polar surface area (TPSA) is 56.6 Å². The number of benzene rings is 2. The molecule has 0 radical (unpaired) electrons. The molecule has 0 N–H and O–H groups in total. The maximum atomic E-state index is 12.7. The number of ether oxygens (including phenoxy) is 2. The molecule has 0 aliphatic carbocycles. The van der Waals surface area contributed by atoms with Crippen LogP contribution in [-0.4, -0.2) is 40.8 Å². The summed E-state index contributed by atoms with van der Waals surface area (Å²) in [6.07, 6.45) is 0. The zero-order valence-corrected chi connectivity index (χ0v) is 19.1. The van der Waals surface area contributed by atoms with Crippen molar-refractivity contribution in [3.05, 3.63) is 70.9 Å². The molecule has 6 nitrogen and oxygen atoms in total. The summed E-state index contributed by atoms with van der Waals surface area (Å²) in [7, 11) is 1.53. The Morgan fingerprint density at radius 1 is 1.16 bits per heavy atom. The van der Waals surface area contributed by atoms with Crippen LogP contribution < -0.4 is 4.74 Å². The lowest BCUT2D eigenvalue weighted by Crippen LogP contribution is -2.36. The Bertz CT molecular complexity index is 1020. The van der Waals surface area contributed by atoms with Crippen LogP contribution in [0, 0.1) is 12.8 Å². The first-order chi connectivity index (χ1) is 14.9. The Kier molecular flexibility index (Phi) is 7.71. The molecule has 0 saturated heterocycles. The van der Waals surface area contributed by atoms with E-state index in [2.05, 4.69) is 13.8 Å². The van der Waals surface area contributed by atoms with E-state index in [4.69, 9.17) is 26.2 Å². The van der Waals surface area contributed by atoms with Gasteiger partial charge in [-0.05, 0) is 43.2 Å². The Hall–Kier alpha value is -2.83. The van der Waals surface area contributed by atoms with Gasteiger partial charge in [-0.25, -0.2) is 4.68 Å². The van der Waals surface area contributed by atoms with Crippen LogP contribution in [0.4, 0.5) is 0 Å². The van der Waals surface area contributed by atoms with E-state index in [0.717, 1.165) is 16.9 Å². The molecule has 0 bridgehead atoms. The molecule has 1 aromatic heterocycles. The second kappa shape index (κ2) is 10.5. The fraction of sp³-hybridized carbons (Fsp3) is 0.333. The van der Waals surface area contributed by atoms with Crippen molar-refractivity contribution in [2.24, 2.45) is 5.92 Å². The van der Waals surface area contributed by atoms with Crippen LogP contribution in [0.15, 0.2) is 54.6 Å². The van der Waals surface area contributed by atoms with Crippen molar-refractivity contribution in [2.75, 3.05) is 20.3 Å². The molecule has 3 aromatic rings. The summed E-state index contributed by atoms with van der Waals surface area (Å²) in [5, 5.41) is 5.33. The zero-order chi connectivity index (χ0) is 22.4. The van der Waals surface area contributed by atoms with Gasteiger partial charge < -0.3 is 14.4 Å². The molecule has 2 aromatic carbocycles. The van der Waals surface area contributed by atoms with Gasteiger partial charge in [0.1, 0.15) is 12.4 Å². The van der Waals surface area contributed by atoms with Crippen LogP contribution in [0.3, 0.4) is 0 Å². The third kappa shape index (κ3) is 5.87. The number of rotatable bonds is 9. The van der Waals surface area contributed by atoms with Gasteiger partial charge in [0.25, 0.3) is 0 Å². The molecule has 7 heteroatoms. The van der Waals surface area contributed by atoms with Crippen molar-refractivity contribution in [2.45, 2.75) is 27.3 Å². The van der Waals surface area contributed by atoms with Crippen molar-refractivity contribution < 1.29 is 14.3 Å². The van der Waals surface area contributed by atoms with Crippen molar-refractivity contribution in [3.63, 3.8) is 0 Å². The minimum absolute atomic E-state index is 0.0308. The lowest BCUT2D eigenvalue weighted by molar-refractivity contribution is -0.136. The highest BCUT2D eigenvalue weighted by atomic mass is 35.5. The summed E-state index contributed by atoms with van der Waals surface area (Å²) in [5.41, 5.74) is 2.41. The Morgan fingerprint density at radius 3 is 2.55 bits per heavy atom. The number of hydrogen-bond acceptors (Lipinski definition) is 4. The Morgan fingerprint density at radius 2 is 1.90 bits per heavy atom. The van der Waals surface area contributed by atoms with E-state index in [9.17, 15) is 4.79 Å². The quantitative estimate of drug-likeness (QED) is 0.454. The molecule has 0 fully saturated rings. The van der Waals surface area contributed by atoms with E-state index in [1.165, 1.54) is 7.11 Å². The van der Waals surface area contributed by atoms with Gasteiger partial charge in [0.2, 0.25) is 11.8 Å². The third-order valence-electron chi connectivity index (χ3n) is 4.70. The Labute approximate surface area is 188 Å². The number of carbonyl (C=O) groups is 1. The summed E-state index contributed by atoms with van der Waals surface area (Å²) in [6.45, 7) is 7.09. The number of amides is 1. The number of carbonyl (C=O) groups excluding carboxylic acids is 1. The van der Waals surface area contributed by atoms with Gasteiger partial charge in [-0.2, -0.15) is 5.10 Å². The lowest BCUT2D eigenvalue weighted by Gasteiger charge is -2.25. The highest BCUT2D eigenvalue weighted by Gasteiger charge is 2.24. The largest absolute Gasteiger partial charge is 0.439 e. The number of nitrogens with zero attached hydrogens (tertiary/aromatic N) is 3. The van der Waals surface area contributed by atoms with E-state index in [1.54, 1.807) is 9.58 Å². The Balaban J connectivity index is 2.06. The molecule has 0 aliphatic heterocycles. The van der Waals surface area contributed by atoms with E-state index in [-0.39, 0.29) is 12.5 Å². The first-order valence-corrected chi connectivity index (χ1v) is 10.6.